The second-order valence-electron chi connectivity index (χ2n) is 4.42. The van der Waals surface area contributed by atoms with Gasteiger partial charge in [0.2, 0.25) is 0 Å². The van der Waals surface area contributed by atoms with E-state index < -0.39 is 0 Å². The van der Waals surface area contributed by atoms with Crippen LogP contribution < -0.4 is 5.30 Å². The van der Waals surface area contributed by atoms with Crippen molar-refractivity contribution in [2.45, 2.75) is 26.7 Å². The van der Waals surface area contributed by atoms with Crippen LogP contribution >= 0.6 is 9.24 Å². The molecule has 0 aliphatic rings. The lowest BCUT2D eigenvalue weighted by atomic mass is 9.98. The molecule has 0 amide bonds. The smallest absolute Gasteiger partial charge is 0.0994 e. The van der Waals surface area contributed by atoms with E-state index in [1.807, 2.05) is 12.1 Å². The maximum atomic E-state index is 9.15. The maximum absolute atomic E-state index is 9.15. The minimum atomic E-state index is 0.669. The van der Waals surface area contributed by atoms with Crippen LogP contribution in [0.3, 0.4) is 0 Å². The Balaban J connectivity index is 3.25. The van der Waals surface area contributed by atoms with Crippen molar-refractivity contribution in [1.29, 1.82) is 5.26 Å². The normalized spacial score (nSPS) is 12.6. The van der Waals surface area contributed by atoms with Gasteiger partial charge in [-0.1, -0.05) is 56.3 Å². The summed E-state index contributed by atoms with van der Waals surface area (Å²) in [7, 11) is 2.75. The van der Waals surface area contributed by atoms with Gasteiger partial charge < -0.3 is 0 Å². The summed E-state index contributed by atoms with van der Waals surface area (Å²) >= 11 is 0. The summed E-state index contributed by atoms with van der Waals surface area (Å²) in [6.45, 7) is 7.91. The van der Waals surface area contributed by atoms with Crippen LogP contribution in [0, 0.1) is 11.3 Å². The minimum Gasteiger partial charge on any atom is -0.192 e. The molecule has 0 bridgehead atoms. The first-order valence-electron chi connectivity index (χ1n) is 6.42. The zero-order valence-corrected chi connectivity index (χ0v) is 12.8. The van der Waals surface area contributed by atoms with Crippen LogP contribution in [0.2, 0.25) is 0 Å². The molecule has 0 saturated heterocycles. The fourth-order valence-electron chi connectivity index (χ4n) is 2.00. The summed E-state index contributed by atoms with van der Waals surface area (Å²) in [5.74, 6) is 0. The molecule has 1 aromatic rings. The van der Waals surface area contributed by atoms with Crippen LogP contribution in [0.25, 0.3) is 5.57 Å². The highest BCUT2D eigenvalue weighted by Gasteiger charge is 2.04. The van der Waals surface area contributed by atoms with E-state index in [1.165, 1.54) is 16.4 Å². The molecule has 1 atom stereocenters. The van der Waals surface area contributed by atoms with Crippen LogP contribution in [-0.4, -0.2) is 0 Å². The monoisotopic (exact) mass is 269 g/mol. The van der Waals surface area contributed by atoms with Crippen molar-refractivity contribution in [2.75, 3.05) is 0 Å². The first-order valence-corrected chi connectivity index (χ1v) is 7.00. The SMILES string of the molecule is C=C/C(C#N)=C(\C=C(/C)c1ccccc1P)CCC. The minimum absolute atomic E-state index is 0.669. The number of nitriles is 1. The van der Waals surface area contributed by atoms with Crippen molar-refractivity contribution in [2.24, 2.45) is 0 Å². The molecule has 1 nitrogen and oxygen atoms in total. The number of allylic oxidation sites excluding steroid dienone is 5. The molecule has 0 N–H and O–H groups in total. The Morgan fingerprint density at radius 2 is 2.11 bits per heavy atom. The molecule has 2 heteroatoms. The average molecular weight is 269 g/mol. The summed E-state index contributed by atoms with van der Waals surface area (Å²) in [5, 5.41) is 10.3. The largest absolute Gasteiger partial charge is 0.192 e. The Labute approximate surface area is 118 Å². The van der Waals surface area contributed by atoms with E-state index in [1.54, 1.807) is 6.08 Å². The first kappa shape index (κ1) is 15.4. The van der Waals surface area contributed by atoms with Crippen molar-refractivity contribution >= 4 is 20.1 Å². The quantitative estimate of drug-likeness (QED) is 0.441. The molecular formula is C17H20NP. The molecule has 0 radical (unpaired) electrons. The Morgan fingerprint density at radius 3 is 2.63 bits per heavy atom. The van der Waals surface area contributed by atoms with Crippen molar-refractivity contribution in [1.82, 2.24) is 0 Å². The third-order valence-electron chi connectivity index (χ3n) is 2.97. The van der Waals surface area contributed by atoms with E-state index in [0.717, 1.165) is 18.4 Å². The summed E-state index contributed by atoms with van der Waals surface area (Å²) in [6.07, 6.45) is 5.65. The van der Waals surface area contributed by atoms with Gasteiger partial charge in [0.05, 0.1) is 11.6 Å². The summed E-state index contributed by atoms with van der Waals surface area (Å²) < 4.78 is 0. The topological polar surface area (TPSA) is 23.8 Å². The zero-order chi connectivity index (χ0) is 14.3. The number of hydrogen-bond acceptors (Lipinski definition) is 1. The summed E-state index contributed by atoms with van der Waals surface area (Å²) in [4.78, 5) is 0. The predicted molar refractivity (Wildman–Crippen MR) is 87.2 cm³/mol. The molecule has 0 aliphatic carbocycles. The van der Waals surface area contributed by atoms with Gasteiger partial charge >= 0.3 is 0 Å². The van der Waals surface area contributed by atoms with E-state index in [0.29, 0.717) is 5.57 Å². The van der Waals surface area contributed by atoms with Gasteiger partial charge in [0.1, 0.15) is 0 Å². The molecule has 0 saturated carbocycles. The molecule has 1 aromatic carbocycles. The van der Waals surface area contributed by atoms with E-state index >= 15 is 0 Å². The molecule has 19 heavy (non-hydrogen) atoms. The summed E-state index contributed by atoms with van der Waals surface area (Å²) in [6, 6.07) is 10.4. The second-order valence-corrected chi connectivity index (χ2v) is 5.04. The molecule has 0 fully saturated rings. The zero-order valence-electron chi connectivity index (χ0n) is 11.6. The second kappa shape index (κ2) is 7.72. The summed E-state index contributed by atoms with van der Waals surface area (Å²) in [5.41, 5.74) is 4.10. The molecular weight excluding hydrogens is 249 g/mol. The van der Waals surface area contributed by atoms with E-state index in [-0.39, 0.29) is 0 Å². The lowest BCUT2D eigenvalue weighted by molar-refractivity contribution is 0.922. The lowest BCUT2D eigenvalue weighted by Crippen LogP contribution is -1.98. The molecule has 0 aliphatic heterocycles. The van der Waals surface area contributed by atoms with Gasteiger partial charge in [-0.3, -0.25) is 0 Å². The van der Waals surface area contributed by atoms with Gasteiger partial charge in [0.15, 0.2) is 0 Å². The average Bonchev–Trinajstić information content (AvgIpc) is 2.40. The van der Waals surface area contributed by atoms with Gasteiger partial charge in [0.25, 0.3) is 0 Å². The van der Waals surface area contributed by atoms with Crippen molar-refractivity contribution in [3.05, 3.63) is 59.7 Å². The number of nitrogens with zero attached hydrogens (tertiary/aromatic N) is 1. The molecule has 1 unspecified atom stereocenters. The van der Waals surface area contributed by atoms with E-state index in [2.05, 4.69) is 53.9 Å². The molecule has 98 valence electrons. The van der Waals surface area contributed by atoms with Gasteiger partial charge in [-0.05, 0) is 35.4 Å². The molecule has 1 rings (SSSR count). The maximum Gasteiger partial charge on any atom is 0.0994 e. The van der Waals surface area contributed by atoms with Crippen LogP contribution in [0.4, 0.5) is 0 Å². The first-order chi connectivity index (χ1) is 9.13. The van der Waals surface area contributed by atoms with Gasteiger partial charge in [-0.15, -0.1) is 9.24 Å². The van der Waals surface area contributed by atoms with Crippen LogP contribution in [0.5, 0.6) is 0 Å². The van der Waals surface area contributed by atoms with E-state index in [4.69, 9.17) is 5.26 Å². The van der Waals surface area contributed by atoms with Crippen LogP contribution in [0.1, 0.15) is 32.3 Å². The van der Waals surface area contributed by atoms with Gasteiger partial charge in [0, 0.05) is 0 Å². The third-order valence-corrected chi connectivity index (χ3v) is 3.47. The molecule has 0 heterocycles. The number of hydrogen-bond donors (Lipinski definition) is 0. The van der Waals surface area contributed by atoms with Crippen molar-refractivity contribution < 1.29 is 0 Å². The Kier molecular flexibility index (Phi) is 6.26. The highest BCUT2D eigenvalue weighted by atomic mass is 31.0. The molecule has 0 spiro atoms. The Morgan fingerprint density at radius 1 is 1.42 bits per heavy atom. The van der Waals surface area contributed by atoms with Gasteiger partial charge in [-0.25, -0.2) is 0 Å². The van der Waals surface area contributed by atoms with Gasteiger partial charge in [-0.2, -0.15) is 5.26 Å². The fourth-order valence-corrected chi connectivity index (χ4v) is 2.43. The predicted octanol–water partition coefficient (Wildman–Crippen LogP) is 4.40. The Hall–Kier alpha value is -1.64. The van der Waals surface area contributed by atoms with Crippen LogP contribution in [0.15, 0.2) is 54.1 Å². The van der Waals surface area contributed by atoms with Crippen molar-refractivity contribution in [3.63, 3.8) is 0 Å². The highest BCUT2D eigenvalue weighted by Crippen LogP contribution is 2.21. The Bertz CT molecular complexity index is 559. The van der Waals surface area contributed by atoms with Crippen molar-refractivity contribution in [3.8, 4) is 6.07 Å². The lowest BCUT2D eigenvalue weighted by Gasteiger charge is -2.08. The highest BCUT2D eigenvalue weighted by molar-refractivity contribution is 7.27. The third kappa shape index (κ3) is 4.19. The number of benzene rings is 1. The molecule has 0 aromatic heterocycles. The fraction of sp³-hybridized carbons (Fsp3) is 0.235. The van der Waals surface area contributed by atoms with Crippen LogP contribution in [-0.2, 0) is 0 Å². The standard InChI is InChI=1S/C17H20NP/c1-4-8-15(14(5-2)12-18)11-13(3)16-9-6-7-10-17(16)19/h5-7,9-11H,2,4,8,19H2,1,3H3/b13-11+,15-14+. The number of rotatable bonds is 5. The van der Waals surface area contributed by atoms with E-state index in [9.17, 15) is 0 Å².